The topological polar surface area (TPSA) is 112 Å². The first-order valence-electron chi connectivity index (χ1n) is 10.2. The van der Waals surface area contributed by atoms with Crippen molar-refractivity contribution < 1.29 is 24.0 Å². The number of aromatic nitrogens is 2. The van der Waals surface area contributed by atoms with Gasteiger partial charge in [0.25, 0.3) is 0 Å². The molecule has 2 atom stereocenters. The zero-order valence-electron chi connectivity index (χ0n) is 17.4. The van der Waals surface area contributed by atoms with E-state index in [1.807, 2.05) is 20.8 Å². The molecular weight excluding hydrogens is 378 g/mol. The number of urea groups is 1. The predicted octanol–water partition coefficient (Wildman–Crippen LogP) is 2.94. The molecular formula is C19H29N5O5. The molecule has 0 unspecified atom stereocenters. The van der Waals surface area contributed by atoms with Crippen molar-refractivity contribution >= 4 is 12.1 Å². The molecule has 1 aliphatic carbocycles. The number of ether oxygens (including phenoxy) is 1. The normalized spacial score (nSPS) is 29.1. The number of nitrogens with zero attached hydrogens (tertiary/aromatic N) is 5. The minimum atomic E-state index is -0.588. The van der Waals surface area contributed by atoms with E-state index < -0.39 is 11.6 Å². The number of hydrogen-bond donors (Lipinski definition) is 1. The lowest BCUT2D eigenvalue weighted by Gasteiger charge is -2.41. The van der Waals surface area contributed by atoms with Crippen molar-refractivity contribution in [2.24, 2.45) is 5.92 Å². The average Bonchev–Trinajstić information content (AvgIpc) is 3.16. The molecule has 1 N–H and O–H groups in total. The maximum atomic E-state index is 12.7. The van der Waals surface area contributed by atoms with Crippen LogP contribution >= 0.6 is 0 Å². The van der Waals surface area contributed by atoms with Crippen LogP contribution in [0.4, 0.5) is 9.59 Å². The van der Waals surface area contributed by atoms with E-state index in [4.69, 9.17) is 9.15 Å². The molecule has 1 aromatic heterocycles. The van der Waals surface area contributed by atoms with E-state index in [1.165, 1.54) is 0 Å². The Bertz CT molecular complexity index is 784. The van der Waals surface area contributed by atoms with E-state index in [-0.39, 0.29) is 30.8 Å². The third-order valence-electron chi connectivity index (χ3n) is 5.84. The molecule has 0 radical (unpaired) electrons. The van der Waals surface area contributed by atoms with Gasteiger partial charge in [-0.2, -0.15) is 0 Å². The van der Waals surface area contributed by atoms with Crippen LogP contribution in [0.15, 0.2) is 4.42 Å². The van der Waals surface area contributed by atoms with E-state index in [0.29, 0.717) is 37.1 Å². The number of fused-ring (bicyclic) bond motifs is 2. The second-order valence-corrected chi connectivity index (χ2v) is 9.40. The first-order valence-corrected chi connectivity index (χ1v) is 10.2. The second-order valence-electron chi connectivity index (χ2n) is 9.40. The highest BCUT2D eigenvalue weighted by atomic mass is 16.6. The van der Waals surface area contributed by atoms with Crippen LogP contribution in [0.25, 0.3) is 0 Å². The Kier molecular flexibility index (Phi) is 4.92. The lowest BCUT2D eigenvalue weighted by atomic mass is 9.81. The molecule has 3 fully saturated rings. The zero-order chi connectivity index (χ0) is 20.9. The molecule has 2 aliphatic heterocycles. The monoisotopic (exact) mass is 407 g/mol. The SMILES string of the molecule is CC1CC(N(Cc2nnc([C@@H]3CC[C@@H]4CN3C(=O)N4O)o2)C(=O)OC(C)(C)C)C1. The van der Waals surface area contributed by atoms with Gasteiger partial charge in [-0.15, -0.1) is 10.2 Å². The maximum absolute atomic E-state index is 12.7. The molecule has 3 amide bonds. The van der Waals surface area contributed by atoms with Crippen LogP contribution in [-0.2, 0) is 11.3 Å². The van der Waals surface area contributed by atoms with Gasteiger partial charge < -0.3 is 14.1 Å². The number of rotatable bonds is 4. The van der Waals surface area contributed by atoms with Gasteiger partial charge in [-0.05, 0) is 52.4 Å². The number of hydroxylamine groups is 2. The van der Waals surface area contributed by atoms with Gasteiger partial charge in [0.15, 0.2) is 0 Å². The second kappa shape index (κ2) is 7.16. The standard InChI is InChI=1S/C19H29N5O5/c1-11-7-13(8-11)22(18(26)29-19(2,3)4)10-15-20-21-16(28-15)14-6-5-12-9-23(14)17(25)24(12)27/h11-14,27H,5-10H2,1-4H3/t11?,12-,13?,14+/m1/s1. The third-order valence-corrected chi connectivity index (χ3v) is 5.84. The molecule has 160 valence electrons. The van der Waals surface area contributed by atoms with Crippen molar-refractivity contribution in [1.82, 2.24) is 25.1 Å². The minimum absolute atomic E-state index is 0.0914. The summed E-state index contributed by atoms with van der Waals surface area (Å²) in [7, 11) is 0. The van der Waals surface area contributed by atoms with E-state index in [1.54, 1.807) is 9.80 Å². The van der Waals surface area contributed by atoms with Crippen LogP contribution in [0, 0.1) is 5.92 Å². The molecule has 1 saturated carbocycles. The molecule has 10 nitrogen and oxygen atoms in total. The molecule has 29 heavy (non-hydrogen) atoms. The molecule has 3 heterocycles. The van der Waals surface area contributed by atoms with E-state index in [0.717, 1.165) is 17.9 Å². The van der Waals surface area contributed by atoms with Gasteiger partial charge in [-0.1, -0.05) is 6.92 Å². The van der Waals surface area contributed by atoms with E-state index >= 15 is 0 Å². The Hall–Kier alpha value is -2.36. The number of carbonyl (C=O) groups is 2. The molecule has 10 heteroatoms. The first-order chi connectivity index (χ1) is 13.6. The number of amides is 3. The van der Waals surface area contributed by atoms with Crippen LogP contribution in [0.3, 0.4) is 0 Å². The fraction of sp³-hybridized carbons (Fsp3) is 0.789. The van der Waals surface area contributed by atoms with Gasteiger partial charge in [0.05, 0.1) is 6.04 Å². The quantitative estimate of drug-likeness (QED) is 0.764. The predicted molar refractivity (Wildman–Crippen MR) is 99.8 cm³/mol. The molecule has 0 aromatic carbocycles. The summed E-state index contributed by atoms with van der Waals surface area (Å²) in [6.07, 6.45) is 2.76. The fourth-order valence-corrected chi connectivity index (χ4v) is 4.30. The largest absolute Gasteiger partial charge is 0.444 e. The number of hydrogen-bond acceptors (Lipinski definition) is 7. The molecule has 2 saturated heterocycles. The van der Waals surface area contributed by atoms with Crippen LogP contribution in [0.1, 0.15) is 71.2 Å². The summed E-state index contributed by atoms with van der Waals surface area (Å²) in [6, 6.07) is -0.870. The number of carbonyl (C=O) groups excluding carboxylic acids is 2. The van der Waals surface area contributed by atoms with Gasteiger partial charge in [-0.25, -0.2) is 14.7 Å². The van der Waals surface area contributed by atoms with Crippen molar-refractivity contribution in [2.75, 3.05) is 6.54 Å². The summed E-state index contributed by atoms with van der Waals surface area (Å²) < 4.78 is 11.4. The fourth-order valence-electron chi connectivity index (χ4n) is 4.30. The Balaban J connectivity index is 1.47. The lowest BCUT2D eigenvalue weighted by molar-refractivity contribution is -0.0584. The van der Waals surface area contributed by atoms with Crippen LogP contribution < -0.4 is 0 Å². The van der Waals surface area contributed by atoms with Gasteiger partial charge in [0.1, 0.15) is 18.2 Å². The van der Waals surface area contributed by atoms with Crippen molar-refractivity contribution in [2.45, 2.75) is 83.6 Å². The minimum Gasteiger partial charge on any atom is -0.444 e. The highest BCUT2D eigenvalue weighted by Crippen LogP contribution is 2.37. The summed E-state index contributed by atoms with van der Waals surface area (Å²) >= 11 is 0. The summed E-state index contributed by atoms with van der Waals surface area (Å²) in [6.45, 7) is 8.29. The van der Waals surface area contributed by atoms with Gasteiger partial charge in [0.2, 0.25) is 11.8 Å². The molecule has 0 spiro atoms. The summed E-state index contributed by atoms with van der Waals surface area (Å²) in [5.74, 6) is 1.23. The smallest absolute Gasteiger partial charge is 0.411 e. The molecule has 3 aliphatic rings. The average molecular weight is 407 g/mol. The highest BCUT2D eigenvalue weighted by molar-refractivity contribution is 5.76. The molecule has 2 bridgehead atoms. The van der Waals surface area contributed by atoms with Crippen LogP contribution in [0.2, 0.25) is 0 Å². The van der Waals surface area contributed by atoms with Crippen molar-refractivity contribution in [3.8, 4) is 0 Å². The maximum Gasteiger partial charge on any atom is 0.411 e. The van der Waals surface area contributed by atoms with E-state index in [9.17, 15) is 14.8 Å². The lowest BCUT2D eigenvalue weighted by Crippen LogP contribution is -2.48. The van der Waals surface area contributed by atoms with Gasteiger partial charge in [0, 0.05) is 12.6 Å². The van der Waals surface area contributed by atoms with Crippen molar-refractivity contribution in [3.05, 3.63) is 11.8 Å². The molecule has 1 aromatic rings. The Morgan fingerprint density at radius 3 is 2.69 bits per heavy atom. The van der Waals surface area contributed by atoms with Crippen LogP contribution in [0.5, 0.6) is 0 Å². The molecule has 4 rings (SSSR count). The van der Waals surface area contributed by atoms with Gasteiger partial charge in [-0.3, -0.25) is 10.1 Å². The Labute approximate surface area is 169 Å². The summed E-state index contributed by atoms with van der Waals surface area (Å²) in [5, 5.41) is 18.9. The van der Waals surface area contributed by atoms with Gasteiger partial charge >= 0.3 is 12.1 Å². The zero-order valence-corrected chi connectivity index (χ0v) is 17.4. The summed E-state index contributed by atoms with van der Waals surface area (Å²) in [4.78, 5) is 28.1. The Morgan fingerprint density at radius 2 is 2.03 bits per heavy atom. The highest BCUT2D eigenvalue weighted by Gasteiger charge is 2.46. The first kappa shape index (κ1) is 19.9. The van der Waals surface area contributed by atoms with Crippen LogP contribution in [-0.4, -0.2) is 66.6 Å². The number of piperidine rings is 1. The third kappa shape index (κ3) is 3.90. The van der Waals surface area contributed by atoms with E-state index in [2.05, 4.69) is 17.1 Å². The van der Waals surface area contributed by atoms with Crippen molar-refractivity contribution in [3.63, 3.8) is 0 Å². The Morgan fingerprint density at radius 1 is 1.31 bits per heavy atom. The van der Waals surface area contributed by atoms with Crippen molar-refractivity contribution in [1.29, 1.82) is 0 Å². The summed E-state index contributed by atoms with van der Waals surface area (Å²) in [5.41, 5.74) is -0.588.